The third-order valence-corrected chi connectivity index (χ3v) is 9.39. The lowest BCUT2D eigenvalue weighted by Gasteiger charge is -2.39. The van der Waals surface area contributed by atoms with E-state index in [4.69, 9.17) is 11.6 Å². The number of carbonyl (C=O) groups is 1. The summed E-state index contributed by atoms with van der Waals surface area (Å²) in [5.41, 5.74) is 4.71. The number of benzene rings is 3. The van der Waals surface area contributed by atoms with E-state index in [0.717, 1.165) is 6.42 Å². The highest BCUT2D eigenvalue weighted by Gasteiger charge is 2.40. The van der Waals surface area contributed by atoms with Crippen molar-refractivity contribution >= 4 is 27.7 Å². The Balaban J connectivity index is 1.32. The first-order chi connectivity index (χ1) is 18.7. The minimum Gasteiger partial charge on any atom is -0.322 e. The summed E-state index contributed by atoms with van der Waals surface area (Å²) in [5.74, 6) is 0.191. The summed E-state index contributed by atoms with van der Waals surface area (Å²) in [7, 11) is -1.19. The summed E-state index contributed by atoms with van der Waals surface area (Å²) < 4.78 is 25.4. The van der Waals surface area contributed by atoms with Crippen LogP contribution in [-0.4, -0.2) is 85.6 Å². The largest absolute Gasteiger partial charge is 0.322 e. The molecule has 2 unspecified atom stereocenters. The van der Waals surface area contributed by atoms with E-state index in [1.165, 1.54) is 32.8 Å². The summed E-state index contributed by atoms with van der Waals surface area (Å²) >= 11 is 6.14. The number of likely N-dealkylation sites (tertiary alicyclic amines) is 1. The summed E-state index contributed by atoms with van der Waals surface area (Å²) in [6, 6.07) is 26.8. The molecule has 9 heteroatoms. The number of urea groups is 1. The fourth-order valence-electron chi connectivity index (χ4n) is 5.63. The summed E-state index contributed by atoms with van der Waals surface area (Å²) in [4.78, 5) is 19.8. The molecular weight excluding hydrogens is 532 g/mol. The zero-order valence-electron chi connectivity index (χ0n) is 22.4. The Kier molecular flexibility index (Phi) is 8.28. The van der Waals surface area contributed by atoms with Gasteiger partial charge < -0.3 is 9.80 Å². The Labute approximate surface area is 236 Å². The molecule has 0 N–H and O–H groups in total. The minimum absolute atomic E-state index is 0.0316. The van der Waals surface area contributed by atoms with E-state index in [1.807, 2.05) is 47.4 Å². The Morgan fingerprint density at radius 3 is 2.13 bits per heavy atom. The molecule has 3 aromatic rings. The van der Waals surface area contributed by atoms with Crippen molar-refractivity contribution in [3.05, 3.63) is 95.0 Å². The van der Waals surface area contributed by atoms with Crippen LogP contribution >= 0.6 is 11.6 Å². The van der Waals surface area contributed by atoms with Gasteiger partial charge in [0.15, 0.2) is 0 Å². The van der Waals surface area contributed by atoms with Gasteiger partial charge in [-0.3, -0.25) is 4.90 Å². The molecule has 0 saturated carbocycles. The number of rotatable bonds is 6. The van der Waals surface area contributed by atoms with Crippen LogP contribution in [0, 0.1) is 0 Å². The molecule has 2 atom stereocenters. The summed E-state index contributed by atoms with van der Waals surface area (Å²) in [6.07, 6.45) is 1.95. The van der Waals surface area contributed by atoms with Crippen LogP contribution in [0.15, 0.2) is 78.9 Å². The fourth-order valence-corrected chi connectivity index (χ4v) is 6.59. The van der Waals surface area contributed by atoms with E-state index < -0.39 is 10.0 Å². The molecule has 2 fully saturated rings. The second-order valence-electron chi connectivity index (χ2n) is 10.5. The van der Waals surface area contributed by atoms with Crippen molar-refractivity contribution in [1.29, 1.82) is 0 Å². The fraction of sp³-hybridized carbons (Fsp3) is 0.367. The molecule has 7 nitrogen and oxygen atoms in total. The van der Waals surface area contributed by atoms with Crippen molar-refractivity contribution < 1.29 is 13.2 Å². The molecule has 0 aromatic heterocycles. The summed E-state index contributed by atoms with van der Waals surface area (Å²) in [5, 5.41) is 0.695. The molecule has 0 spiro atoms. The van der Waals surface area contributed by atoms with Crippen LogP contribution in [0.25, 0.3) is 11.1 Å². The molecule has 39 heavy (non-hydrogen) atoms. The van der Waals surface area contributed by atoms with Gasteiger partial charge in [0.25, 0.3) is 0 Å². The molecule has 206 valence electrons. The van der Waals surface area contributed by atoms with Crippen molar-refractivity contribution in [1.82, 2.24) is 19.0 Å². The number of nitrogens with zero attached hydrogens (tertiary/aromatic N) is 4. The van der Waals surface area contributed by atoms with Crippen LogP contribution in [0.4, 0.5) is 4.79 Å². The highest BCUT2D eigenvalue weighted by molar-refractivity contribution is 7.88. The van der Waals surface area contributed by atoms with Gasteiger partial charge in [-0.25, -0.2) is 13.2 Å². The normalized spacial score (nSPS) is 20.5. The van der Waals surface area contributed by atoms with Gasteiger partial charge in [-0.2, -0.15) is 4.31 Å². The zero-order chi connectivity index (χ0) is 27.6. The van der Waals surface area contributed by atoms with E-state index in [9.17, 15) is 13.2 Å². The minimum atomic E-state index is -3.26. The predicted octanol–water partition coefficient (Wildman–Crippen LogP) is 4.95. The van der Waals surface area contributed by atoms with Crippen molar-refractivity contribution in [2.75, 3.05) is 46.0 Å². The second kappa shape index (κ2) is 11.7. The lowest BCUT2D eigenvalue weighted by Crippen LogP contribution is -2.56. The maximum Gasteiger partial charge on any atom is 0.321 e. The van der Waals surface area contributed by atoms with Crippen LogP contribution in [0.3, 0.4) is 0 Å². The molecule has 0 bridgehead atoms. The number of sulfonamides is 1. The van der Waals surface area contributed by atoms with Gasteiger partial charge in [0.1, 0.15) is 0 Å². The van der Waals surface area contributed by atoms with Crippen molar-refractivity contribution in [3.8, 4) is 11.1 Å². The molecule has 0 aliphatic carbocycles. The predicted molar refractivity (Wildman–Crippen MR) is 156 cm³/mol. The molecule has 5 rings (SSSR count). The molecule has 2 saturated heterocycles. The van der Waals surface area contributed by atoms with Crippen LogP contribution < -0.4 is 0 Å². The van der Waals surface area contributed by atoms with E-state index in [-0.39, 0.29) is 18.1 Å². The second-order valence-corrected chi connectivity index (χ2v) is 12.9. The number of halogens is 1. The van der Waals surface area contributed by atoms with Gasteiger partial charge in [0, 0.05) is 50.2 Å². The standard InChI is InChI=1S/C30H35ClN4O3S/c1-32(21-23-8-10-25(11-9-23)24-6-4-3-5-7-24)29-20-27(26-12-14-28(31)15-13-26)22-35(29)30(36)33-16-18-34(19-17-33)39(2,37)38/h3-15,27,29H,16-22H2,1-2H3. The maximum atomic E-state index is 13.8. The van der Waals surface area contributed by atoms with Crippen LogP contribution in [0.2, 0.25) is 5.02 Å². The van der Waals surface area contributed by atoms with Gasteiger partial charge in [-0.15, -0.1) is 0 Å². The molecular formula is C30H35ClN4O3S. The number of hydrogen-bond acceptors (Lipinski definition) is 4. The number of piperazine rings is 1. The van der Waals surface area contributed by atoms with Crippen LogP contribution in [0.5, 0.6) is 0 Å². The van der Waals surface area contributed by atoms with Gasteiger partial charge in [0.2, 0.25) is 10.0 Å². The Bertz CT molecular complexity index is 1380. The molecule has 2 amide bonds. The highest BCUT2D eigenvalue weighted by atomic mass is 35.5. The van der Waals surface area contributed by atoms with Crippen LogP contribution in [-0.2, 0) is 16.6 Å². The molecule has 3 aromatic carbocycles. The average Bonchev–Trinajstić information content (AvgIpc) is 3.39. The number of carbonyl (C=O) groups excluding carboxylic acids is 1. The Morgan fingerprint density at radius 2 is 1.51 bits per heavy atom. The highest BCUT2D eigenvalue weighted by Crippen LogP contribution is 2.35. The monoisotopic (exact) mass is 566 g/mol. The Morgan fingerprint density at radius 1 is 0.897 bits per heavy atom. The third-order valence-electron chi connectivity index (χ3n) is 7.84. The lowest BCUT2D eigenvalue weighted by atomic mass is 9.97. The first-order valence-corrected chi connectivity index (χ1v) is 15.5. The zero-order valence-corrected chi connectivity index (χ0v) is 24.0. The SMILES string of the molecule is CN(Cc1ccc(-c2ccccc2)cc1)C1CC(c2ccc(Cl)cc2)CN1C(=O)N1CCN(S(C)(=O)=O)CC1. The first-order valence-electron chi connectivity index (χ1n) is 13.3. The van der Waals surface area contributed by atoms with E-state index in [2.05, 4.69) is 48.3 Å². The summed E-state index contributed by atoms with van der Waals surface area (Å²) in [6.45, 7) is 2.75. The van der Waals surface area contributed by atoms with E-state index in [0.29, 0.717) is 44.3 Å². The van der Waals surface area contributed by atoms with Gasteiger partial charge in [-0.05, 0) is 47.9 Å². The van der Waals surface area contributed by atoms with Crippen molar-refractivity contribution in [2.24, 2.45) is 0 Å². The smallest absolute Gasteiger partial charge is 0.321 e. The van der Waals surface area contributed by atoms with Crippen molar-refractivity contribution in [2.45, 2.75) is 25.0 Å². The lowest BCUT2D eigenvalue weighted by molar-refractivity contribution is 0.0792. The van der Waals surface area contributed by atoms with Gasteiger partial charge >= 0.3 is 6.03 Å². The first kappa shape index (κ1) is 27.6. The topological polar surface area (TPSA) is 64.2 Å². The molecule has 2 aliphatic heterocycles. The molecule has 0 radical (unpaired) electrons. The average molecular weight is 567 g/mol. The van der Waals surface area contributed by atoms with Gasteiger partial charge in [-0.1, -0.05) is 78.3 Å². The third kappa shape index (κ3) is 6.47. The molecule has 2 aliphatic rings. The van der Waals surface area contributed by atoms with Crippen molar-refractivity contribution in [3.63, 3.8) is 0 Å². The van der Waals surface area contributed by atoms with E-state index >= 15 is 0 Å². The molecule has 2 heterocycles. The van der Waals surface area contributed by atoms with Gasteiger partial charge in [0.05, 0.1) is 12.4 Å². The Hall–Kier alpha value is -2.91. The van der Waals surface area contributed by atoms with Crippen LogP contribution in [0.1, 0.15) is 23.5 Å². The van der Waals surface area contributed by atoms with E-state index in [1.54, 1.807) is 4.90 Å². The quantitative estimate of drug-likeness (QED) is 0.423. The number of amides is 2. The maximum absolute atomic E-state index is 13.8. The number of hydrogen-bond donors (Lipinski definition) is 0.